The molecule has 0 spiro atoms. The molecule has 1 heterocycles. The zero-order valence-corrected chi connectivity index (χ0v) is 15.4. The predicted molar refractivity (Wildman–Crippen MR) is 103 cm³/mol. The third-order valence-corrected chi connectivity index (χ3v) is 4.89. The van der Waals surface area contributed by atoms with Crippen molar-refractivity contribution < 1.29 is 9.47 Å². The van der Waals surface area contributed by atoms with Gasteiger partial charge in [0.15, 0.2) is 16.6 Å². The standard InChI is InChI=1S/C19H23N3O2S/c1-23-16-6-5-15(13-17(16)24-2)21-18(25)22-19(9-3-4-10-19)14-7-11-20-12-8-14/h5-8,11-13H,3-4,9-10H2,1-2H3,(H2,21,22,25). The molecule has 25 heavy (non-hydrogen) atoms. The lowest BCUT2D eigenvalue weighted by atomic mass is 9.89. The van der Waals surface area contributed by atoms with Gasteiger partial charge in [0.05, 0.1) is 19.8 Å². The van der Waals surface area contributed by atoms with Crippen LogP contribution in [0.15, 0.2) is 42.7 Å². The Kier molecular flexibility index (Phi) is 5.38. The Bertz CT molecular complexity index is 731. The lowest BCUT2D eigenvalue weighted by Gasteiger charge is -2.32. The minimum absolute atomic E-state index is 0.121. The van der Waals surface area contributed by atoms with Crippen LogP contribution in [0.4, 0.5) is 5.69 Å². The van der Waals surface area contributed by atoms with Gasteiger partial charge < -0.3 is 20.1 Å². The van der Waals surface area contributed by atoms with E-state index in [-0.39, 0.29) is 5.54 Å². The Morgan fingerprint density at radius 2 is 1.72 bits per heavy atom. The van der Waals surface area contributed by atoms with E-state index in [4.69, 9.17) is 21.7 Å². The van der Waals surface area contributed by atoms with E-state index in [0.29, 0.717) is 16.6 Å². The van der Waals surface area contributed by atoms with E-state index >= 15 is 0 Å². The van der Waals surface area contributed by atoms with E-state index in [1.807, 2.05) is 30.6 Å². The van der Waals surface area contributed by atoms with E-state index in [0.717, 1.165) is 18.5 Å². The minimum atomic E-state index is -0.121. The molecule has 0 aliphatic heterocycles. The third kappa shape index (κ3) is 3.85. The molecule has 1 aliphatic rings. The van der Waals surface area contributed by atoms with Gasteiger partial charge in [0.2, 0.25) is 0 Å². The third-order valence-electron chi connectivity index (χ3n) is 4.68. The summed E-state index contributed by atoms with van der Waals surface area (Å²) in [5.74, 6) is 1.36. The van der Waals surface area contributed by atoms with Crippen molar-refractivity contribution in [1.82, 2.24) is 10.3 Å². The number of benzene rings is 1. The van der Waals surface area contributed by atoms with Gasteiger partial charge in [-0.3, -0.25) is 4.98 Å². The molecule has 1 aliphatic carbocycles. The Morgan fingerprint density at radius 1 is 1.04 bits per heavy atom. The first-order valence-electron chi connectivity index (χ1n) is 8.38. The number of anilines is 1. The highest BCUT2D eigenvalue weighted by Gasteiger charge is 2.36. The Hall–Kier alpha value is -2.34. The van der Waals surface area contributed by atoms with Crippen LogP contribution in [0.3, 0.4) is 0 Å². The molecule has 2 aromatic rings. The molecule has 0 bridgehead atoms. The van der Waals surface area contributed by atoms with Crippen LogP contribution in [0.25, 0.3) is 0 Å². The summed E-state index contributed by atoms with van der Waals surface area (Å²) in [6.45, 7) is 0. The first-order valence-corrected chi connectivity index (χ1v) is 8.79. The number of thiocarbonyl (C=S) groups is 1. The van der Waals surface area contributed by atoms with Gasteiger partial charge >= 0.3 is 0 Å². The number of pyridine rings is 1. The Morgan fingerprint density at radius 3 is 2.36 bits per heavy atom. The lowest BCUT2D eigenvalue weighted by molar-refractivity contribution is 0.355. The summed E-state index contributed by atoms with van der Waals surface area (Å²) in [6, 6.07) is 9.79. The second kappa shape index (κ2) is 7.70. The molecule has 0 atom stereocenters. The molecule has 1 fully saturated rings. The van der Waals surface area contributed by atoms with E-state index < -0.39 is 0 Å². The largest absolute Gasteiger partial charge is 0.493 e. The molecule has 6 heteroatoms. The smallest absolute Gasteiger partial charge is 0.171 e. The van der Waals surface area contributed by atoms with Gasteiger partial charge in [-0.05, 0) is 54.9 Å². The summed E-state index contributed by atoms with van der Waals surface area (Å²) >= 11 is 5.58. The summed E-state index contributed by atoms with van der Waals surface area (Å²) < 4.78 is 10.6. The van der Waals surface area contributed by atoms with Crippen LogP contribution in [0.2, 0.25) is 0 Å². The fourth-order valence-electron chi connectivity index (χ4n) is 3.43. The molecule has 1 aromatic heterocycles. The molecule has 132 valence electrons. The quantitative estimate of drug-likeness (QED) is 0.793. The van der Waals surface area contributed by atoms with Gasteiger partial charge in [-0.2, -0.15) is 0 Å². The molecule has 1 aromatic carbocycles. The summed E-state index contributed by atoms with van der Waals surface area (Å²) in [4.78, 5) is 4.13. The lowest BCUT2D eigenvalue weighted by Crippen LogP contribution is -2.45. The van der Waals surface area contributed by atoms with Crippen LogP contribution >= 0.6 is 12.2 Å². The molecule has 0 unspecified atom stereocenters. The number of methoxy groups -OCH3 is 2. The second-order valence-electron chi connectivity index (χ2n) is 6.17. The minimum Gasteiger partial charge on any atom is -0.493 e. The Balaban J connectivity index is 1.75. The van der Waals surface area contributed by atoms with E-state index in [1.165, 1.54) is 18.4 Å². The number of aromatic nitrogens is 1. The topological polar surface area (TPSA) is 55.4 Å². The van der Waals surface area contributed by atoms with Gasteiger partial charge in [0.25, 0.3) is 0 Å². The van der Waals surface area contributed by atoms with Crippen molar-refractivity contribution in [2.75, 3.05) is 19.5 Å². The average molecular weight is 357 g/mol. The highest BCUT2D eigenvalue weighted by atomic mass is 32.1. The van der Waals surface area contributed by atoms with Crippen molar-refractivity contribution in [2.24, 2.45) is 0 Å². The number of hydrogen-bond donors (Lipinski definition) is 2. The SMILES string of the molecule is COc1ccc(NC(=S)NC2(c3ccncc3)CCCC2)cc1OC. The predicted octanol–water partition coefficient (Wildman–Crippen LogP) is 3.85. The maximum Gasteiger partial charge on any atom is 0.171 e. The van der Waals surface area contributed by atoms with Crippen molar-refractivity contribution in [3.63, 3.8) is 0 Å². The summed E-state index contributed by atoms with van der Waals surface area (Å²) in [7, 11) is 3.24. The van der Waals surface area contributed by atoms with Crippen molar-refractivity contribution in [3.05, 3.63) is 48.3 Å². The molecule has 2 N–H and O–H groups in total. The summed E-state index contributed by atoms with van der Waals surface area (Å²) in [5.41, 5.74) is 1.97. The van der Waals surface area contributed by atoms with Crippen molar-refractivity contribution >= 4 is 23.0 Å². The number of nitrogens with one attached hydrogen (secondary N) is 2. The van der Waals surface area contributed by atoms with Crippen LogP contribution in [-0.4, -0.2) is 24.3 Å². The maximum atomic E-state index is 5.58. The second-order valence-corrected chi connectivity index (χ2v) is 6.58. The Labute approximate surface area is 153 Å². The van der Waals surface area contributed by atoms with Crippen molar-refractivity contribution in [1.29, 1.82) is 0 Å². The van der Waals surface area contributed by atoms with Gasteiger partial charge in [-0.25, -0.2) is 0 Å². The zero-order valence-electron chi connectivity index (χ0n) is 14.5. The fourth-order valence-corrected chi connectivity index (χ4v) is 3.74. The van der Waals surface area contributed by atoms with Crippen LogP contribution in [0, 0.1) is 0 Å². The average Bonchev–Trinajstić information content (AvgIpc) is 3.11. The molecule has 0 radical (unpaired) electrons. The van der Waals surface area contributed by atoms with Gasteiger partial charge in [0.1, 0.15) is 0 Å². The molecular weight excluding hydrogens is 334 g/mol. The monoisotopic (exact) mass is 357 g/mol. The normalized spacial score (nSPS) is 15.4. The van der Waals surface area contributed by atoms with Crippen molar-refractivity contribution in [3.8, 4) is 11.5 Å². The van der Waals surface area contributed by atoms with Gasteiger partial charge in [-0.15, -0.1) is 0 Å². The first kappa shape index (κ1) is 17.5. The number of nitrogens with zero attached hydrogens (tertiary/aromatic N) is 1. The van der Waals surface area contributed by atoms with E-state index in [9.17, 15) is 0 Å². The van der Waals surface area contributed by atoms with Crippen LogP contribution < -0.4 is 20.1 Å². The highest BCUT2D eigenvalue weighted by molar-refractivity contribution is 7.80. The fraction of sp³-hybridized carbons (Fsp3) is 0.368. The molecular formula is C19H23N3O2S. The summed E-state index contributed by atoms with van der Waals surface area (Å²) in [6.07, 6.45) is 8.17. The van der Waals surface area contributed by atoms with E-state index in [2.05, 4.69) is 27.8 Å². The molecule has 0 amide bonds. The maximum absolute atomic E-state index is 5.58. The molecule has 3 rings (SSSR count). The van der Waals surface area contributed by atoms with E-state index in [1.54, 1.807) is 14.2 Å². The number of ether oxygens (including phenoxy) is 2. The first-order chi connectivity index (χ1) is 12.2. The van der Waals surface area contributed by atoms with Gasteiger partial charge in [0, 0.05) is 24.1 Å². The highest BCUT2D eigenvalue weighted by Crippen LogP contribution is 2.38. The molecule has 0 saturated heterocycles. The zero-order chi connectivity index (χ0) is 17.7. The number of rotatable bonds is 5. The van der Waals surface area contributed by atoms with Crippen LogP contribution in [0.5, 0.6) is 11.5 Å². The van der Waals surface area contributed by atoms with Crippen molar-refractivity contribution in [2.45, 2.75) is 31.2 Å². The molecule has 1 saturated carbocycles. The summed E-state index contributed by atoms with van der Waals surface area (Å²) in [5, 5.41) is 7.40. The van der Waals surface area contributed by atoms with Crippen LogP contribution in [0.1, 0.15) is 31.2 Å². The van der Waals surface area contributed by atoms with Crippen LogP contribution in [-0.2, 0) is 5.54 Å². The van der Waals surface area contributed by atoms with Gasteiger partial charge in [-0.1, -0.05) is 12.8 Å². The number of hydrogen-bond acceptors (Lipinski definition) is 4. The molecule has 5 nitrogen and oxygen atoms in total.